The number of thiophene rings is 1. The average molecular weight is 658 g/mol. The van der Waals surface area contributed by atoms with Crippen molar-refractivity contribution in [2.24, 2.45) is 11.3 Å². The highest BCUT2D eigenvalue weighted by atomic mass is 32.1. The SMILES string of the molecule is CC(C)(C)[C@H]1CCc2nc3sc(C(=O)N[C@H](CCNC4CCNC(=O)C4)c4ccc(-c5ccc(=O)[nH]c5)cc4)cc3cc2C1.O=CO. The molecule has 10 nitrogen and oxygen atoms in total. The molecule has 1 aromatic carbocycles. The van der Waals surface area contributed by atoms with Gasteiger partial charge >= 0.3 is 0 Å². The maximum atomic E-state index is 13.7. The van der Waals surface area contributed by atoms with E-state index < -0.39 is 0 Å². The number of amides is 2. The van der Waals surface area contributed by atoms with Crippen LogP contribution in [-0.2, 0) is 22.4 Å². The molecule has 1 aliphatic carbocycles. The molecule has 3 atom stereocenters. The Labute approximate surface area is 278 Å². The van der Waals surface area contributed by atoms with Crippen LogP contribution in [0.2, 0.25) is 0 Å². The second kappa shape index (κ2) is 15.0. The number of aromatic amines is 1. The number of hydrogen-bond donors (Lipinski definition) is 5. The lowest BCUT2D eigenvalue weighted by molar-refractivity contribution is -0.123. The Hall–Kier alpha value is -4.35. The fraction of sp³-hybridized carbons (Fsp3) is 0.417. The van der Waals surface area contributed by atoms with E-state index in [0.717, 1.165) is 52.6 Å². The van der Waals surface area contributed by atoms with Crippen LogP contribution in [0.5, 0.6) is 0 Å². The van der Waals surface area contributed by atoms with Crippen LogP contribution in [0.1, 0.15) is 79.0 Å². The molecule has 1 fully saturated rings. The molecule has 2 aliphatic rings. The summed E-state index contributed by atoms with van der Waals surface area (Å²) in [5.41, 5.74) is 5.51. The van der Waals surface area contributed by atoms with Crippen LogP contribution in [0.4, 0.5) is 0 Å². The van der Waals surface area contributed by atoms with Crippen LogP contribution >= 0.6 is 11.3 Å². The number of aromatic nitrogens is 2. The molecule has 0 radical (unpaired) electrons. The van der Waals surface area contributed by atoms with Crippen molar-refractivity contribution < 1.29 is 19.5 Å². The van der Waals surface area contributed by atoms with Crippen molar-refractivity contribution in [3.63, 3.8) is 0 Å². The van der Waals surface area contributed by atoms with Gasteiger partial charge in [0.1, 0.15) is 4.83 Å². The van der Waals surface area contributed by atoms with Gasteiger partial charge in [-0.2, -0.15) is 0 Å². The molecule has 4 heterocycles. The number of benzene rings is 1. The molecule has 5 N–H and O–H groups in total. The quantitative estimate of drug-likeness (QED) is 0.163. The number of aryl methyl sites for hydroxylation is 1. The van der Waals surface area contributed by atoms with Gasteiger partial charge in [-0.1, -0.05) is 45.0 Å². The fourth-order valence-electron chi connectivity index (χ4n) is 6.41. The minimum atomic E-state index is -0.250. The summed E-state index contributed by atoms with van der Waals surface area (Å²) in [5.74, 6) is 0.597. The summed E-state index contributed by atoms with van der Waals surface area (Å²) < 4.78 is 0. The molecular weight excluding hydrogens is 614 g/mol. The first-order valence-corrected chi connectivity index (χ1v) is 17.0. The summed E-state index contributed by atoms with van der Waals surface area (Å²) in [5, 5.41) is 17.6. The van der Waals surface area contributed by atoms with Crippen LogP contribution in [0.15, 0.2) is 59.5 Å². The number of carbonyl (C=O) groups excluding carboxylic acids is 2. The van der Waals surface area contributed by atoms with Crippen molar-refractivity contribution in [2.45, 2.75) is 71.4 Å². The van der Waals surface area contributed by atoms with E-state index in [1.165, 1.54) is 28.7 Å². The molecule has 1 unspecified atom stereocenters. The van der Waals surface area contributed by atoms with E-state index in [2.05, 4.69) is 47.8 Å². The van der Waals surface area contributed by atoms with Crippen LogP contribution in [0.25, 0.3) is 21.3 Å². The summed E-state index contributed by atoms with van der Waals surface area (Å²) in [7, 11) is 0. The Kier molecular flexibility index (Phi) is 10.9. The molecule has 6 rings (SSSR count). The Morgan fingerprint density at radius 1 is 1.09 bits per heavy atom. The van der Waals surface area contributed by atoms with Gasteiger partial charge in [0.2, 0.25) is 11.5 Å². The van der Waals surface area contributed by atoms with Crippen LogP contribution < -0.4 is 21.5 Å². The predicted molar refractivity (Wildman–Crippen MR) is 185 cm³/mol. The van der Waals surface area contributed by atoms with E-state index >= 15 is 0 Å². The van der Waals surface area contributed by atoms with Gasteiger partial charge in [0.25, 0.3) is 12.4 Å². The third-order valence-electron chi connectivity index (χ3n) is 9.17. The first kappa shape index (κ1) is 34.0. The van der Waals surface area contributed by atoms with Gasteiger partial charge in [-0.15, -0.1) is 11.3 Å². The summed E-state index contributed by atoms with van der Waals surface area (Å²) in [6.07, 6.45) is 6.92. The number of carboxylic acid groups (broad SMARTS) is 1. The van der Waals surface area contributed by atoms with Crippen molar-refractivity contribution in [1.82, 2.24) is 25.9 Å². The number of fused-ring (bicyclic) bond motifs is 2. The van der Waals surface area contributed by atoms with Crippen molar-refractivity contribution in [2.75, 3.05) is 13.1 Å². The van der Waals surface area contributed by atoms with E-state index in [-0.39, 0.29) is 41.3 Å². The molecule has 0 spiro atoms. The topological polar surface area (TPSA) is 153 Å². The largest absolute Gasteiger partial charge is 0.483 e. The number of hydrogen-bond acceptors (Lipinski definition) is 7. The summed E-state index contributed by atoms with van der Waals surface area (Å²) >= 11 is 1.46. The first-order chi connectivity index (χ1) is 22.5. The molecule has 0 saturated carbocycles. The molecule has 1 aliphatic heterocycles. The number of nitrogens with zero attached hydrogens (tertiary/aromatic N) is 1. The number of nitrogens with one attached hydrogen (secondary N) is 4. The normalized spacial score (nSPS) is 18.3. The monoisotopic (exact) mass is 657 g/mol. The van der Waals surface area contributed by atoms with Gasteiger partial charge in [0, 0.05) is 42.4 Å². The second-order valence-corrected chi connectivity index (χ2v) is 14.4. The van der Waals surface area contributed by atoms with Gasteiger partial charge in [0.15, 0.2) is 0 Å². The van der Waals surface area contributed by atoms with E-state index in [4.69, 9.17) is 14.9 Å². The third kappa shape index (κ3) is 8.72. The molecular formula is C36H43N5O5S. The zero-order valence-corrected chi connectivity index (χ0v) is 27.9. The lowest BCUT2D eigenvalue weighted by Gasteiger charge is -2.34. The molecule has 11 heteroatoms. The Morgan fingerprint density at radius 3 is 2.51 bits per heavy atom. The van der Waals surface area contributed by atoms with Crippen LogP contribution in [0, 0.1) is 11.3 Å². The van der Waals surface area contributed by atoms with Crippen molar-refractivity contribution in [3.8, 4) is 11.1 Å². The van der Waals surface area contributed by atoms with Gasteiger partial charge in [-0.25, -0.2) is 4.98 Å². The lowest BCUT2D eigenvalue weighted by atomic mass is 9.71. The number of pyridine rings is 2. The van der Waals surface area contributed by atoms with Crippen LogP contribution in [-0.4, -0.2) is 52.5 Å². The highest BCUT2D eigenvalue weighted by Crippen LogP contribution is 2.38. The Balaban J connectivity index is 0.00000139. The standard InChI is InChI=1S/C35H41N5O3S.CH2O2/c1-35(2,3)26-9-10-28-24(17-26)16-25-18-30(44-34(25)40-28)33(43)39-29(13-15-36-27-12-14-37-32(42)19-27)22-6-4-21(5-7-22)23-8-11-31(41)38-20-23;2-1-3/h4-8,11,16,18,20,26-27,29,36H,9-10,12-15,17,19H2,1-3H3,(H,37,42)(H,38,41)(H,39,43);1H,(H,2,3)/t26-,27?,29+;/m0./s1. The number of H-pyrrole nitrogens is 1. The van der Waals surface area contributed by atoms with Gasteiger partial charge < -0.3 is 26.0 Å². The van der Waals surface area contributed by atoms with Gasteiger partial charge in [-0.05, 0) is 90.4 Å². The minimum Gasteiger partial charge on any atom is -0.483 e. The maximum Gasteiger partial charge on any atom is 0.290 e. The van der Waals surface area contributed by atoms with E-state index in [0.29, 0.717) is 36.7 Å². The van der Waals surface area contributed by atoms with Gasteiger partial charge in [0.05, 0.1) is 10.9 Å². The maximum absolute atomic E-state index is 13.7. The molecule has 1 saturated heterocycles. The Bertz CT molecular complexity index is 1750. The van der Waals surface area contributed by atoms with E-state index in [1.54, 1.807) is 12.3 Å². The van der Waals surface area contributed by atoms with Crippen molar-refractivity contribution in [3.05, 3.63) is 86.8 Å². The molecule has 3 aromatic heterocycles. The van der Waals surface area contributed by atoms with Crippen LogP contribution in [0.3, 0.4) is 0 Å². The molecule has 2 amide bonds. The molecule has 47 heavy (non-hydrogen) atoms. The van der Waals surface area contributed by atoms with Gasteiger partial charge in [-0.3, -0.25) is 19.2 Å². The predicted octanol–water partition coefficient (Wildman–Crippen LogP) is 5.23. The summed E-state index contributed by atoms with van der Waals surface area (Å²) in [4.78, 5) is 54.7. The Morgan fingerprint density at radius 2 is 1.83 bits per heavy atom. The fourth-order valence-corrected chi connectivity index (χ4v) is 7.35. The summed E-state index contributed by atoms with van der Waals surface area (Å²) in [6.45, 7) is 8.05. The second-order valence-electron chi connectivity index (χ2n) is 13.4. The van der Waals surface area contributed by atoms with Crippen molar-refractivity contribution >= 4 is 39.8 Å². The number of rotatable bonds is 8. The highest BCUT2D eigenvalue weighted by Gasteiger charge is 2.30. The number of piperidine rings is 1. The van der Waals surface area contributed by atoms with E-state index in [1.807, 2.05) is 30.3 Å². The zero-order valence-electron chi connectivity index (χ0n) is 27.1. The zero-order chi connectivity index (χ0) is 33.6. The van der Waals surface area contributed by atoms with Crippen molar-refractivity contribution in [1.29, 1.82) is 0 Å². The average Bonchev–Trinajstić information content (AvgIpc) is 3.46. The number of carbonyl (C=O) groups is 3. The molecule has 4 aromatic rings. The summed E-state index contributed by atoms with van der Waals surface area (Å²) in [6, 6.07) is 15.6. The molecule has 248 valence electrons. The lowest BCUT2D eigenvalue weighted by Crippen LogP contribution is -2.44. The third-order valence-corrected chi connectivity index (χ3v) is 10.2. The smallest absolute Gasteiger partial charge is 0.290 e. The van der Waals surface area contributed by atoms with E-state index in [9.17, 15) is 14.4 Å². The first-order valence-electron chi connectivity index (χ1n) is 16.1. The highest BCUT2D eigenvalue weighted by molar-refractivity contribution is 7.20. The molecule has 0 bridgehead atoms. The minimum absolute atomic E-state index is 0.0745.